The second-order valence-electron chi connectivity index (χ2n) is 5.11. The van der Waals surface area contributed by atoms with Gasteiger partial charge in [-0.05, 0) is 55.2 Å². The van der Waals surface area contributed by atoms with Crippen LogP contribution < -0.4 is 11.1 Å². The highest BCUT2D eigenvalue weighted by molar-refractivity contribution is 6.08. The van der Waals surface area contributed by atoms with Crippen molar-refractivity contribution in [3.8, 4) is 0 Å². The molecule has 110 valence electrons. The van der Waals surface area contributed by atoms with Crippen LogP contribution in [0.5, 0.6) is 0 Å². The Hall–Kier alpha value is -2.33. The Morgan fingerprint density at radius 2 is 1.86 bits per heavy atom. The summed E-state index contributed by atoms with van der Waals surface area (Å²) >= 11 is 0. The second kappa shape index (κ2) is 6.41. The average molecular weight is 284 g/mol. The van der Waals surface area contributed by atoms with E-state index in [9.17, 15) is 4.79 Å². The molecule has 4 N–H and O–H groups in total. The minimum atomic E-state index is -0.235. The van der Waals surface area contributed by atoms with Gasteiger partial charge in [0.25, 0.3) is 5.91 Å². The van der Waals surface area contributed by atoms with Crippen molar-refractivity contribution in [2.24, 2.45) is 0 Å². The summed E-state index contributed by atoms with van der Waals surface area (Å²) in [5.41, 5.74) is 10.6. The number of hydrogen-bond donors (Lipinski definition) is 3. The van der Waals surface area contributed by atoms with Crippen LogP contribution >= 0.6 is 0 Å². The fourth-order valence-corrected chi connectivity index (χ4v) is 2.21. The SMILES string of the molecule is Cc1cc(N)c(C(=O)Nc2ccccc2CCO)cc1C. The van der Waals surface area contributed by atoms with E-state index in [0.29, 0.717) is 23.4 Å². The van der Waals surface area contributed by atoms with Crippen molar-refractivity contribution >= 4 is 17.3 Å². The highest BCUT2D eigenvalue weighted by Gasteiger charge is 2.13. The van der Waals surface area contributed by atoms with E-state index in [-0.39, 0.29) is 12.5 Å². The van der Waals surface area contributed by atoms with E-state index >= 15 is 0 Å². The summed E-state index contributed by atoms with van der Waals surface area (Å²) < 4.78 is 0. The summed E-state index contributed by atoms with van der Waals surface area (Å²) in [7, 11) is 0. The van der Waals surface area contributed by atoms with E-state index in [1.54, 1.807) is 6.07 Å². The first kappa shape index (κ1) is 15.1. The number of aryl methyl sites for hydroxylation is 2. The predicted molar refractivity (Wildman–Crippen MR) is 85.5 cm³/mol. The number of carbonyl (C=O) groups excluding carboxylic acids is 1. The molecular formula is C17H20N2O2. The maximum absolute atomic E-state index is 12.4. The molecule has 0 aliphatic heterocycles. The van der Waals surface area contributed by atoms with Crippen molar-refractivity contribution in [1.29, 1.82) is 0 Å². The molecule has 2 aromatic carbocycles. The molecule has 2 rings (SSSR count). The van der Waals surface area contributed by atoms with Gasteiger partial charge in [-0.1, -0.05) is 18.2 Å². The van der Waals surface area contributed by atoms with E-state index in [1.807, 2.05) is 44.2 Å². The van der Waals surface area contributed by atoms with Crippen molar-refractivity contribution < 1.29 is 9.90 Å². The van der Waals surface area contributed by atoms with E-state index in [4.69, 9.17) is 10.8 Å². The molecule has 0 fully saturated rings. The Morgan fingerprint density at radius 1 is 1.19 bits per heavy atom. The number of rotatable bonds is 4. The van der Waals surface area contributed by atoms with Crippen LogP contribution in [0.25, 0.3) is 0 Å². The largest absolute Gasteiger partial charge is 0.398 e. The Balaban J connectivity index is 2.28. The molecule has 0 saturated carbocycles. The minimum Gasteiger partial charge on any atom is -0.398 e. The van der Waals surface area contributed by atoms with Crippen molar-refractivity contribution in [1.82, 2.24) is 0 Å². The third kappa shape index (κ3) is 3.41. The monoisotopic (exact) mass is 284 g/mol. The summed E-state index contributed by atoms with van der Waals surface area (Å²) in [5, 5.41) is 11.9. The number of para-hydroxylation sites is 1. The summed E-state index contributed by atoms with van der Waals surface area (Å²) in [4.78, 5) is 12.4. The first-order valence-corrected chi connectivity index (χ1v) is 6.89. The first-order valence-electron chi connectivity index (χ1n) is 6.89. The number of anilines is 2. The smallest absolute Gasteiger partial charge is 0.257 e. The zero-order valence-corrected chi connectivity index (χ0v) is 12.3. The second-order valence-corrected chi connectivity index (χ2v) is 5.11. The number of amides is 1. The molecule has 0 aliphatic carbocycles. The summed E-state index contributed by atoms with van der Waals surface area (Å²) in [6.45, 7) is 3.95. The molecule has 0 unspecified atom stereocenters. The zero-order chi connectivity index (χ0) is 15.4. The molecule has 0 heterocycles. The molecule has 0 bridgehead atoms. The Morgan fingerprint density at radius 3 is 2.57 bits per heavy atom. The van der Waals surface area contributed by atoms with Gasteiger partial charge in [-0.2, -0.15) is 0 Å². The topological polar surface area (TPSA) is 75.4 Å². The van der Waals surface area contributed by atoms with Gasteiger partial charge in [0.15, 0.2) is 0 Å². The molecule has 0 aliphatic rings. The van der Waals surface area contributed by atoms with E-state index in [0.717, 1.165) is 16.7 Å². The van der Waals surface area contributed by atoms with Crippen LogP contribution in [0.3, 0.4) is 0 Å². The minimum absolute atomic E-state index is 0.0403. The van der Waals surface area contributed by atoms with Crippen LogP contribution in [-0.2, 0) is 6.42 Å². The lowest BCUT2D eigenvalue weighted by molar-refractivity contribution is 0.102. The van der Waals surface area contributed by atoms with Crippen LogP contribution in [0, 0.1) is 13.8 Å². The molecule has 21 heavy (non-hydrogen) atoms. The van der Waals surface area contributed by atoms with E-state index < -0.39 is 0 Å². The van der Waals surface area contributed by atoms with Gasteiger partial charge < -0.3 is 16.2 Å². The number of benzene rings is 2. The third-order valence-electron chi connectivity index (χ3n) is 3.56. The average Bonchev–Trinajstić information content (AvgIpc) is 2.45. The van der Waals surface area contributed by atoms with Crippen LogP contribution in [-0.4, -0.2) is 17.6 Å². The van der Waals surface area contributed by atoms with Crippen LogP contribution in [0.15, 0.2) is 36.4 Å². The lowest BCUT2D eigenvalue weighted by Gasteiger charge is -2.13. The first-order chi connectivity index (χ1) is 10.0. The van der Waals surface area contributed by atoms with Gasteiger partial charge in [0, 0.05) is 18.0 Å². The predicted octanol–water partition coefficient (Wildman–Crippen LogP) is 2.67. The molecule has 0 aromatic heterocycles. The van der Waals surface area contributed by atoms with Crippen molar-refractivity contribution in [2.45, 2.75) is 20.3 Å². The molecule has 2 aromatic rings. The molecule has 0 radical (unpaired) electrons. The molecule has 0 spiro atoms. The maximum atomic E-state index is 12.4. The number of aliphatic hydroxyl groups excluding tert-OH is 1. The van der Waals surface area contributed by atoms with Gasteiger partial charge in [-0.3, -0.25) is 4.79 Å². The Bertz CT molecular complexity index is 666. The van der Waals surface area contributed by atoms with Crippen LogP contribution in [0.2, 0.25) is 0 Å². The van der Waals surface area contributed by atoms with Gasteiger partial charge in [-0.15, -0.1) is 0 Å². The number of nitrogens with one attached hydrogen (secondary N) is 1. The molecule has 0 saturated heterocycles. The highest BCUT2D eigenvalue weighted by atomic mass is 16.3. The van der Waals surface area contributed by atoms with Gasteiger partial charge in [0.1, 0.15) is 0 Å². The van der Waals surface area contributed by atoms with Crippen molar-refractivity contribution in [3.05, 3.63) is 58.7 Å². The third-order valence-corrected chi connectivity index (χ3v) is 3.56. The molecule has 4 nitrogen and oxygen atoms in total. The van der Waals surface area contributed by atoms with Crippen LogP contribution in [0.4, 0.5) is 11.4 Å². The van der Waals surface area contributed by atoms with Gasteiger partial charge >= 0.3 is 0 Å². The van der Waals surface area contributed by atoms with Gasteiger partial charge in [0.2, 0.25) is 0 Å². The Kier molecular flexibility index (Phi) is 4.60. The standard InChI is InChI=1S/C17H20N2O2/c1-11-9-14(15(18)10-12(11)2)17(21)19-16-6-4-3-5-13(16)7-8-20/h3-6,9-10,20H,7-8,18H2,1-2H3,(H,19,21). The number of carbonyl (C=O) groups is 1. The molecular weight excluding hydrogens is 264 g/mol. The normalized spacial score (nSPS) is 10.4. The maximum Gasteiger partial charge on any atom is 0.257 e. The number of nitrogen functional groups attached to an aromatic ring is 1. The number of nitrogens with two attached hydrogens (primary N) is 1. The number of aliphatic hydroxyl groups is 1. The number of hydrogen-bond acceptors (Lipinski definition) is 3. The van der Waals surface area contributed by atoms with E-state index in [1.165, 1.54) is 0 Å². The quantitative estimate of drug-likeness (QED) is 0.756. The highest BCUT2D eigenvalue weighted by Crippen LogP contribution is 2.21. The zero-order valence-electron chi connectivity index (χ0n) is 12.3. The summed E-state index contributed by atoms with van der Waals surface area (Å²) in [5.74, 6) is -0.235. The molecule has 1 amide bonds. The fraction of sp³-hybridized carbons (Fsp3) is 0.235. The van der Waals surface area contributed by atoms with Crippen molar-refractivity contribution in [2.75, 3.05) is 17.7 Å². The molecule has 0 atom stereocenters. The van der Waals surface area contributed by atoms with Gasteiger partial charge in [-0.25, -0.2) is 0 Å². The van der Waals surface area contributed by atoms with E-state index in [2.05, 4.69) is 5.32 Å². The lowest BCUT2D eigenvalue weighted by atomic mass is 10.0. The fourth-order valence-electron chi connectivity index (χ4n) is 2.21. The summed E-state index contributed by atoms with van der Waals surface area (Å²) in [6.07, 6.45) is 0.499. The lowest BCUT2D eigenvalue weighted by Crippen LogP contribution is -2.16. The Labute approximate surface area is 124 Å². The van der Waals surface area contributed by atoms with Crippen molar-refractivity contribution in [3.63, 3.8) is 0 Å². The van der Waals surface area contributed by atoms with Gasteiger partial charge in [0.05, 0.1) is 5.56 Å². The summed E-state index contributed by atoms with van der Waals surface area (Å²) in [6, 6.07) is 11.0. The van der Waals surface area contributed by atoms with Crippen LogP contribution in [0.1, 0.15) is 27.0 Å². The molecule has 4 heteroatoms.